The summed E-state index contributed by atoms with van der Waals surface area (Å²) in [6.07, 6.45) is 1.02. The van der Waals surface area contributed by atoms with E-state index in [-0.39, 0.29) is 0 Å². The molecule has 5 nitrogen and oxygen atoms in total. The van der Waals surface area contributed by atoms with Crippen molar-refractivity contribution in [3.05, 3.63) is 18.2 Å². The van der Waals surface area contributed by atoms with Gasteiger partial charge in [0.05, 0.1) is 6.61 Å². The van der Waals surface area contributed by atoms with Crippen LogP contribution in [-0.4, -0.2) is 31.3 Å². The summed E-state index contributed by atoms with van der Waals surface area (Å²) < 4.78 is 11.0. The summed E-state index contributed by atoms with van der Waals surface area (Å²) in [6.45, 7) is 5.70. The van der Waals surface area contributed by atoms with Gasteiger partial charge in [-0.2, -0.15) is 4.98 Å². The summed E-state index contributed by atoms with van der Waals surface area (Å²) in [7, 11) is 1.70. The number of anilines is 2. The van der Waals surface area contributed by atoms with Crippen LogP contribution in [0.25, 0.3) is 11.1 Å². The Kier molecular flexibility index (Phi) is 4.27. The zero-order valence-electron chi connectivity index (χ0n) is 11.7. The summed E-state index contributed by atoms with van der Waals surface area (Å²) in [5, 5.41) is 0. The molecule has 0 bridgehead atoms. The van der Waals surface area contributed by atoms with Gasteiger partial charge in [0, 0.05) is 31.5 Å². The van der Waals surface area contributed by atoms with Gasteiger partial charge in [-0.25, -0.2) is 0 Å². The molecule has 0 amide bonds. The van der Waals surface area contributed by atoms with Crippen LogP contribution in [-0.2, 0) is 4.74 Å². The average molecular weight is 263 g/mol. The standard InChI is InChI=1S/C14H21N3O2/c1-4-10(2)17(7-8-18-3)14-16-12-6-5-11(15)9-13(12)19-14/h5-6,9-10H,4,7-8,15H2,1-3H3. The van der Waals surface area contributed by atoms with Gasteiger partial charge in [0.2, 0.25) is 0 Å². The van der Waals surface area contributed by atoms with Gasteiger partial charge in [-0.1, -0.05) is 6.92 Å². The number of hydrogen-bond acceptors (Lipinski definition) is 5. The first kappa shape index (κ1) is 13.7. The van der Waals surface area contributed by atoms with E-state index in [2.05, 4.69) is 23.7 Å². The van der Waals surface area contributed by atoms with Crippen LogP contribution >= 0.6 is 0 Å². The fraction of sp³-hybridized carbons (Fsp3) is 0.500. The van der Waals surface area contributed by atoms with Crippen LogP contribution in [0, 0.1) is 0 Å². The smallest absolute Gasteiger partial charge is 0.298 e. The van der Waals surface area contributed by atoms with Gasteiger partial charge in [-0.15, -0.1) is 0 Å². The van der Waals surface area contributed by atoms with E-state index in [1.807, 2.05) is 12.1 Å². The van der Waals surface area contributed by atoms with Crippen molar-refractivity contribution in [2.45, 2.75) is 26.3 Å². The van der Waals surface area contributed by atoms with Gasteiger partial charge in [-0.05, 0) is 25.5 Å². The second-order valence-electron chi connectivity index (χ2n) is 4.67. The van der Waals surface area contributed by atoms with Crippen LogP contribution in [0.3, 0.4) is 0 Å². The first-order chi connectivity index (χ1) is 9.15. The molecular weight excluding hydrogens is 242 g/mol. The number of benzene rings is 1. The van der Waals surface area contributed by atoms with Crippen molar-refractivity contribution in [3.8, 4) is 0 Å². The number of nitrogens with zero attached hydrogens (tertiary/aromatic N) is 2. The molecule has 19 heavy (non-hydrogen) atoms. The lowest BCUT2D eigenvalue weighted by atomic mass is 10.2. The Morgan fingerprint density at radius 2 is 2.26 bits per heavy atom. The maximum Gasteiger partial charge on any atom is 0.298 e. The second kappa shape index (κ2) is 5.93. The number of hydrogen-bond donors (Lipinski definition) is 1. The van der Waals surface area contributed by atoms with E-state index in [4.69, 9.17) is 14.9 Å². The van der Waals surface area contributed by atoms with Gasteiger partial charge in [-0.3, -0.25) is 0 Å². The third-order valence-electron chi connectivity index (χ3n) is 3.31. The average Bonchev–Trinajstić information content (AvgIpc) is 2.81. The van der Waals surface area contributed by atoms with Crippen molar-refractivity contribution in [1.82, 2.24) is 4.98 Å². The molecule has 0 fully saturated rings. The molecule has 104 valence electrons. The first-order valence-corrected chi connectivity index (χ1v) is 6.57. The van der Waals surface area contributed by atoms with E-state index in [0.717, 1.165) is 24.1 Å². The Bertz CT molecular complexity index is 538. The molecule has 0 aliphatic heterocycles. The quantitative estimate of drug-likeness (QED) is 0.812. The number of methoxy groups -OCH3 is 1. The highest BCUT2D eigenvalue weighted by molar-refractivity contribution is 5.78. The minimum absolute atomic E-state index is 0.348. The monoisotopic (exact) mass is 263 g/mol. The molecule has 0 aliphatic carbocycles. The number of rotatable bonds is 6. The molecule has 0 radical (unpaired) electrons. The lowest BCUT2D eigenvalue weighted by molar-refractivity contribution is 0.202. The number of nitrogen functional groups attached to an aromatic ring is 1. The minimum Gasteiger partial charge on any atom is -0.423 e. The molecule has 1 unspecified atom stereocenters. The molecule has 0 spiro atoms. The van der Waals surface area contributed by atoms with Crippen molar-refractivity contribution in [2.75, 3.05) is 30.9 Å². The van der Waals surface area contributed by atoms with Gasteiger partial charge in [0.15, 0.2) is 5.58 Å². The molecule has 0 aliphatic rings. The Labute approximate surface area is 113 Å². The number of fused-ring (bicyclic) bond motifs is 1. The molecule has 1 atom stereocenters. The maximum absolute atomic E-state index is 5.81. The van der Waals surface area contributed by atoms with Crippen molar-refractivity contribution < 1.29 is 9.15 Å². The van der Waals surface area contributed by atoms with E-state index in [0.29, 0.717) is 24.4 Å². The fourth-order valence-electron chi connectivity index (χ4n) is 1.97. The summed E-state index contributed by atoms with van der Waals surface area (Å²) in [4.78, 5) is 6.65. The van der Waals surface area contributed by atoms with Gasteiger partial charge >= 0.3 is 0 Å². The number of nitrogens with two attached hydrogens (primary N) is 1. The third kappa shape index (κ3) is 2.98. The Morgan fingerprint density at radius 3 is 2.95 bits per heavy atom. The zero-order chi connectivity index (χ0) is 13.8. The largest absolute Gasteiger partial charge is 0.423 e. The van der Waals surface area contributed by atoms with Crippen molar-refractivity contribution in [1.29, 1.82) is 0 Å². The van der Waals surface area contributed by atoms with E-state index < -0.39 is 0 Å². The Balaban J connectivity index is 2.32. The van der Waals surface area contributed by atoms with Crippen molar-refractivity contribution >= 4 is 22.8 Å². The molecule has 1 aromatic carbocycles. The summed E-state index contributed by atoms with van der Waals surface area (Å²) in [5.74, 6) is 0. The number of oxazole rings is 1. The van der Waals surface area contributed by atoms with Crippen molar-refractivity contribution in [2.24, 2.45) is 0 Å². The second-order valence-corrected chi connectivity index (χ2v) is 4.67. The van der Waals surface area contributed by atoms with Crippen LogP contribution in [0.4, 0.5) is 11.7 Å². The highest BCUT2D eigenvalue weighted by Gasteiger charge is 2.18. The normalized spacial score (nSPS) is 12.8. The zero-order valence-corrected chi connectivity index (χ0v) is 11.7. The molecular formula is C14H21N3O2. The molecule has 1 heterocycles. The minimum atomic E-state index is 0.348. The summed E-state index contributed by atoms with van der Waals surface area (Å²) >= 11 is 0. The fourth-order valence-corrected chi connectivity index (χ4v) is 1.97. The summed E-state index contributed by atoms with van der Waals surface area (Å²) in [6, 6.07) is 6.49. The molecule has 0 saturated heterocycles. The summed E-state index contributed by atoms with van der Waals surface area (Å²) in [5.41, 5.74) is 7.99. The number of ether oxygens (including phenoxy) is 1. The lowest BCUT2D eigenvalue weighted by Crippen LogP contribution is -2.35. The molecule has 2 rings (SSSR count). The highest BCUT2D eigenvalue weighted by Crippen LogP contribution is 2.25. The Hall–Kier alpha value is -1.75. The first-order valence-electron chi connectivity index (χ1n) is 6.57. The van der Waals surface area contributed by atoms with E-state index in [9.17, 15) is 0 Å². The molecule has 2 aromatic rings. The third-order valence-corrected chi connectivity index (χ3v) is 3.31. The van der Waals surface area contributed by atoms with Crippen LogP contribution in [0.2, 0.25) is 0 Å². The van der Waals surface area contributed by atoms with Crippen LogP contribution in [0.5, 0.6) is 0 Å². The molecule has 2 N–H and O–H groups in total. The maximum atomic E-state index is 5.81. The number of aromatic nitrogens is 1. The SMILES string of the molecule is CCC(C)N(CCOC)c1nc2ccc(N)cc2o1. The van der Waals surface area contributed by atoms with E-state index >= 15 is 0 Å². The van der Waals surface area contributed by atoms with Gasteiger partial charge in [0.25, 0.3) is 6.01 Å². The van der Waals surface area contributed by atoms with Crippen LogP contribution in [0.1, 0.15) is 20.3 Å². The van der Waals surface area contributed by atoms with Gasteiger partial charge < -0.3 is 19.8 Å². The topological polar surface area (TPSA) is 64.5 Å². The van der Waals surface area contributed by atoms with Gasteiger partial charge in [0.1, 0.15) is 5.52 Å². The predicted octanol–water partition coefficient (Wildman–Crippen LogP) is 2.66. The van der Waals surface area contributed by atoms with Crippen LogP contribution in [0.15, 0.2) is 22.6 Å². The van der Waals surface area contributed by atoms with E-state index in [1.165, 1.54) is 0 Å². The van der Waals surface area contributed by atoms with Crippen LogP contribution < -0.4 is 10.6 Å². The molecule has 1 aromatic heterocycles. The highest BCUT2D eigenvalue weighted by atomic mass is 16.5. The van der Waals surface area contributed by atoms with E-state index in [1.54, 1.807) is 13.2 Å². The molecule has 0 saturated carbocycles. The lowest BCUT2D eigenvalue weighted by Gasteiger charge is -2.26. The predicted molar refractivity (Wildman–Crippen MR) is 77.4 cm³/mol. The molecule has 5 heteroatoms. The van der Waals surface area contributed by atoms with Crippen molar-refractivity contribution in [3.63, 3.8) is 0 Å². The Morgan fingerprint density at radius 1 is 1.47 bits per heavy atom.